The van der Waals surface area contributed by atoms with E-state index in [0.717, 1.165) is 13.1 Å². The first kappa shape index (κ1) is 25.7. The van der Waals surface area contributed by atoms with Gasteiger partial charge in [-0.3, -0.25) is 0 Å². The van der Waals surface area contributed by atoms with Gasteiger partial charge in [-0.2, -0.15) is 0 Å². The fraction of sp³-hybridized carbons (Fsp3) is 0.690. The maximum absolute atomic E-state index is 2.48. The van der Waals surface area contributed by atoms with Crippen LogP contribution in [0.1, 0.15) is 117 Å². The van der Waals surface area contributed by atoms with Gasteiger partial charge in [-0.25, -0.2) is 9.13 Å². The summed E-state index contributed by atoms with van der Waals surface area (Å²) in [5.41, 5.74) is 1.34. The molecule has 0 atom stereocenters. The fourth-order valence-electron chi connectivity index (χ4n) is 4.55. The molecule has 0 fully saturated rings. The van der Waals surface area contributed by atoms with E-state index in [1.165, 1.54) is 114 Å². The van der Waals surface area contributed by atoms with E-state index in [0.29, 0.717) is 0 Å². The van der Waals surface area contributed by atoms with Crippen molar-refractivity contribution in [3.63, 3.8) is 0 Å². The number of benzene rings is 1. The third kappa shape index (κ3) is 10.5. The molecule has 0 aliphatic heterocycles. The summed E-state index contributed by atoms with van der Waals surface area (Å²) in [7, 11) is 0. The molecule has 0 saturated heterocycles. The Balaban J connectivity index is 1.59. The predicted molar refractivity (Wildman–Crippen MR) is 135 cm³/mol. The molecule has 0 amide bonds. The Hall–Kier alpha value is -1.57. The molecule has 2 rings (SSSR count). The molecule has 1 aromatic heterocycles. The van der Waals surface area contributed by atoms with Crippen LogP contribution in [0.3, 0.4) is 0 Å². The SMILES string of the molecule is CCCCCCCCCCCCCCCC[n+]1ccn(CCCC)c1-c1ccccc1. The summed E-state index contributed by atoms with van der Waals surface area (Å²) in [5.74, 6) is 1.38. The van der Waals surface area contributed by atoms with Gasteiger partial charge in [-0.15, -0.1) is 0 Å². The van der Waals surface area contributed by atoms with Crippen molar-refractivity contribution in [2.75, 3.05) is 0 Å². The number of hydrogen-bond donors (Lipinski definition) is 0. The second-order valence-corrected chi connectivity index (χ2v) is 9.32. The topological polar surface area (TPSA) is 8.81 Å². The van der Waals surface area contributed by atoms with Crippen molar-refractivity contribution in [1.82, 2.24) is 4.57 Å². The van der Waals surface area contributed by atoms with Gasteiger partial charge in [0.25, 0.3) is 5.82 Å². The fourth-order valence-corrected chi connectivity index (χ4v) is 4.55. The molecule has 2 heteroatoms. The Morgan fingerprint density at radius 1 is 0.613 bits per heavy atom. The number of hydrogen-bond acceptors (Lipinski definition) is 0. The van der Waals surface area contributed by atoms with Gasteiger partial charge in [0, 0.05) is 0 Å². The van der Waals surface area contributed by atoms with Crippen LogP contribution in [0.25, 0.3) is 11.4 Å². The van der Waals surface area contributed by atoms with E-state index in [2.05, 4.69) is 65.7 Å². The van der Waals surface area contributed by atoms with Gasteiger partial charge in [0.2, 0.25) is 0 Å². The minimum absolute atomic E-state index is 1.12. The lowest BCUT2D eigenvalue weighted by Gasteiger charge is -2.06. The monoisotopic (exact) mass is 425 g/mol. The van der Waals surface area contributed by atoms with Gasteiger partial charge < -0.3 is 0 Å². The van der Waals surface area contributed by atoms with Gasteiger partial charge in [0.05, 0.1) is 18.7 Å². The van der Waals surface area contributed by atoms with E-state index in [1.54, 1.807) is 0 Å². The molecule has 0 aliphatic rings. The molecular formula is C29H49N2+. The maximum Gasteiger partial charge on any atom is 0.288 e. The van der Waals surface area contributed by atoms with E-state index >= 15 is 0 Å². The van der Waals surface area contributed by atoms with Gasteiger partial charge in [-0.1, -0.05) is 116 Å². The highest BCUT2D eigenvalue weighted by Gasteiger charge is 2.18. The van der Waals surface area contributed by atoms with Crippen molar-refractivity contribution >= 4 is 0 Å². The summed E-state index contributed by atoms with van der Waals surface area (Å²) >= 11 is 0. The van der Waals surface area contributed by atoms with Crippen LogP contribution in [-0.4, -0.2) is 4.57 Å². The highest BCUT2D eigenvalue weighted by atomic mass is 15.1. The first-order valence-corrected chi connectivity index (χ1v) is 13.5. The lowest BCUT2D eigenvalue weighted by atomic mass is 10.0. The van der Waals surface area contributed by atoms with Crippen molar-refractivity contribution in [2.24, 2.45) is 0 Å². The van der Waals surface area contributed by atoms with E-state index in [9.17, 15) is 0 Å². The first-order valence-electron chi connectivity index (χ1n) is 13.5. The molecule has 0 spiro atoms. The van der Waals surface area contributed by atoms with Crippen LogP contribution in [0.15, 0.2) is 42.7 Å². The zero-order valence-electron chi connectivity index (χ0n) is 20.7. The Labute approximate surface area is 193 Å². The summed E-state index contributed by atoms with van der Waals surface area (Å²) in [4.78, 5) is 0. The Bertz CT molecular complexity index is 659. The Morgan fingerprint density at radius 2 is 1.13 bits per heavy atom. The number of nitrogens with zero attached hydrogens (tertiary/aromatic N) is 2. The molecular weight excluding hydrogens is 376 g/mol. The molecule has 0 N–H and O–H groups in total. The van der Waals surface area contributed by atoms with Crippen molar-refractivity contribution in [3.05, 3.63) is 42.7 Å². The van der Waals surface area contributed by atoms with E-state index in [1.807, 2.05) is 0 Å². The molecule has 1 aromatic carbocycles. The number of aryl methyl sites for hydroxylation is 2. The average molecular weight is 426 g/mol. The Morgan fingerprint density at radius 3 is 1.68 bits per heavy atom. The van der Waals surface area contributed by atoms with Crippen LogP contribution in [0.4, 0.5) is 0 Å². The first-order chi connectivity index (χ1) is 15.4. The minimum Gasteiger partial charge on any atom is -0.230 e. The highest BCUT2D eigenvalue weighted by Crippen LogP contribution is 2.17. The summed E-state index contributed by atoms with van der Waals surface area (Å²) in [6.45, 7) is 6.83. The summed E-state index contributed by atoms with van der Waals surface area (Å²) in [5, 5.41) is 0. The molecule has 0 radical (unpaired) electrons. The lowest BCUT2D eigenvalue weighted by molar-refractivity contribution is -0.686. The van der Waals surface area contributed by atoms with Crippen LogP contribution in [-0.2, 0) is 13.1 Å². The molecule has 31 heavy (non-hydrogen) atoms. The summed E-state index contributed by atoms with van der Waals surface area (Å²) in [6.07, 6.45) is 26.9. The standard InChI is InChI=1S/C29H49N2/c1-3-5-7-8-9-10-11-12-13-14-15-16-17-21-25-31-27-26-30(24-6-4-2)29(31)28-22-19-18-20-23-28/h18-20,22-23,26-27H,3-17,21,24-25H2,1-2H3/q+1. The van der Waals surface area contributed by atoms with Crippen LogP contribution >= 0.6 is 0 Å². The quantitative estimate of drug-likeness (QED) is 0.157. The number of imidazole rings is 1. The molecule has 0 saturated carbocycles. The van der Waals surface area contributed by atoms with E-state index in [4.69, 9.17) is 0 Å². The average Bonchev–Trinajstić information content (AvgIpc) is 3.21. The summed E-state index contributed by atoms with van der Waals surface area (Å²) < 4.78 is 4.92. The van der Waals surface area contributed by atoms with Crippen molar-refractivity contribution in [2.45, 2.75) is 130 Å². The number of unbranched alkanes of at least 4 members (excludes halogenated alkanes) is 14. The van der Waals surface area contributed by atoms with Crippen molar-refractivity contribution < 1.29 is 4.57 Å². The van der Waals surface area contributed by atoms with Crippen molar-refractivity contribution in [3.8, 4) is 11.4 Å². The largest absolute Gasteiger partial charge is 0.288 e. The van der Waals surface area contributed by atoms with Gasteiger partial charge in [0.15, 0.2) is 0 Å². The van der Waals surface area contributed by atoms with Gasteiger partial charge in [-0.05, 0) is 31.4 Å². The molecule has 2 aromatic rings. The second kappa shape index (κ2) is 17.0. The smallest absolute Gasteiger partial charge is 0.230 e. The molecule has 2 nitrogen and oxygen atoms in total. The maximum atomic E-state index is 2.48. The Kier molecular flexibility index (Phi) is 14.1. The van der Waals surface area contributed by atoms with Crippen LogP contribution in [0.5, 0.6) is 0 Å². The summed E-state index contributed by atoms with van der Waals surface area (Å²) in [6, 6.07) is 10.9. The minimum atomic E-state index is 1.12. The molecule has 0 bridgehead atoms. The highest BCUT2D eigenvalue weighted by molar-refractivity contribution is 5.52. The van der Waals surface area contributed by atoms with Crippen molar-refractivity contribution in [1.29, 1.82) is 0 Å². The zero-order valence-corrected chi connectivity index (χ0v) is 20.7. The molecule has 1 heterocycles. The normalized spacial score (nSPS) is 11.3. The lowest BCUT2D eigenvalue weighted by Crippen LogP contribution is -2.34. The number of aromatic nitrogens is 2. The van der Waals surface area contributed by atoms with E-state index < -0.39 is 0 Å². The third-order valence-corrected chi connectivity index (χ3v) is 6.51. The van der Waals surface area contributed by atoms with Crippen LogP contribution < -0.4 is 4.57 Å². The van der Waals surface area contributed by atoms with Gasteiger partial charge in [0.1, 0.15) is 12.4 Å². The molecule has 0 aliphatic carbocycles. The predicted octanol–water partition coefficient (Wildman–Crippen LogP) is 8.72. The van der Waals surface area contributed by atoms with Crippen LogP contribution in [0, 0.1) is 0 Å². The third-order valence-electron chi connectivity index (χ3n) is 6.51. The second-order valence-electron chi connectivity index (χ2n) is 9.32. The van der Waals surface area contributed by atoms with Gasteiger partial charge >= 0.3 is 0 Å². The van der Waals surface area contributed by atoms with Crippen LogP contribution in [0.2, 0.25) is 0 Å². The zero-order chi connectivity index (χ0) is 22.0. The van der Waals surface area contributed by atoms with E-state index in [-0.39, 0.29) is 0 Å². The molecule has 0 unspecified atom stereocenters. The molecule has 174 valence electrons. The number of rotatable bonds is 19.